The van der Waals surface area contributed by atoms with Crippen LogP contribution >= 0.6 is 0 Å². The van der Waals surface area contributed by atoms with Crippen LogP contribution in [0.25, 0.3) is 5.57 Å². The van der Waals surface area contributed by atoms with E-state index in [1.165, 1.54) is 75.2 Å². The number of rotatable bonds is 4. The molecule has 1 aromatic carbocycles. The Balaban J connectivity index is 1.34. The van der Waals surface area contributed by atoms with E-state index in [9.17, 15) is 4.79 Å². The average Bonchev–Trinajstić information content (AvgIpc) is 3.30. The molecule has 0 saturated heterocycles. The predicted octanol–water partition coefficient (Wildman–Crippen LogP) is 9.23. The number of carbonyl (C=O) groups excluding carboxylic acids is 1. The highest BCUT2D eigenvalue weighted by molar-refractivity contribution is 5.89. The first-order valence-corrected chi connectivity index (χ1v) is 16.6. The fourth-order valence-electron chi connectivity index (χ4n) is 12.4. The third kappa shape index (κ3) is 3.89. The number of esters is 1. The lowest BCUT2D eigenvalue weighted by Crippen LogP contribution is -2.67. The third-order valence-electron chi connectivity index (χ3n) is 14.7. The molecule has 2 N–H and O–H groups in total. The zero-order chi connectivity index (χ0) is 29.6. The molecule has 6 rings (SSSR count). The van der Waals surface area contributed by atoms with E-state index in [1.807, 2.05) is 12.1 Å². The summed E-state index contributed by atoms with van der Waals surface area (Å²) in [7, 11) is 1.45. The van der Waals surface area contributed by atoms with Crippen molar-refractivity contribution in [1.82, 2.24) is 0 Å². The van der Waals surface area contributed by atoms with Gasteiger partial charge in [-0.15, -0.1) is 0 Å². The molecule has 3 nitrogen and oxygen atoms in total. The molecule has 4 fully saturated rings. The van der Waals surface area contributed by atoms with Crippen molar-refractivity contribution in [3.8, 4) is 0 Å². The summed E-state index contributed by atoms with van der Waals surface area (Å²) in [6.07, 6.45) is 15.0. The Morgan fingerprint density at radius 3 is 2.29 bits per heavy atom. The lowest BCUT2D eigenvalue weighted by Gasteiger charge is -2.72. The van der Waals surface area contributed by atoms with Crippen LogP contribution in [0.4, 0.5) is 0 Å². The van der Waals surface area contributed by atoms with Gasteiger partial charge in [-0.05, 0) is 139 Å². The molecule has 5 aliphatic rings. The highest BCUT2D eigenvalue weighted by atomic mass is 16.5. The van der Waals surface area contributed by atoms with Crippen molar-refractivity contribution in [2.75, 3.05) is 7.11 Å². The van der Waals surface area contributed by atoms with E-state index in [-0.39, 0.29) is 16.9 Å². The van der Waals surface area contributed by atoms with E-state index in [0.717, 1.165) is 24.7 Å². The lowest BCUT2D eigenvalue weighted by molar-refractivity contribution is -0.217. The van der Waals surface area contributed by atoms with Gasteiger partial charge in [0.1, 0.15) is 0 Å². The van der Waals surface area contributed by atoms with E-state index in [0.29, 0.717) is 39.6 Å². The molecule has 0 aliphatic heterocycles. The van der Waals surface area contributed by atoms with Gasteiger partial charge >= 0.3 is 5.97 Å². The largest absolute Gasteiger partial charge is 0.465 e. The first-order chi connectivity index (χ1) is 19.3. The molecule has 4 saturated carbocycles. The van der Waals surface area contributed by atoms with Gasteiger partial charge in [0.25, 0.3) is 0 Å². The summed E-state index contributed by atoms with van der Waals surface area (Å²) < 4.78 is 4.94. The Morgan fingerprint density at radius 1 is 0.927 bits per heavy atom. The highest BCUT2D eigenvalue weighted by Crippen LogP contribution is 2.76. The number of benzene rings is 1. The van der Waals surface area contributed by atoms with Crippen molar-refractivity contribution < 1.29 is 9.53 Å². The van der Waals surface area contributed by atoms with E-state index < -0.39 is 0 Å². The Labute approximate surface area is 249 Å². The molecule has 9 atom stereocenters. The van der Waals surface area contributed by atoms with Gasteiger partial charge in [-0.2, -0.15) is 0 Å². The molecule has 5 aliphatic carbocycles. The smallest absolute Gasteiger partial charge is 0.337 e. The first kappa shape index (κ1) is 29.2. The van der Waals surface area contributed by atoms with Crippen molar-refractivity contribution in [3.63, 3.8) is 0 Å². The van der Waals surface area contributed by atoms with Gasteiger partial charge in [0.05, 0.1) is 12.7 Å². The predicted molar refractivity (Wildman–Crippen MR) is 169 cm³/mol. The van der Waals surface area contributed by atoms with Gasteiger partial charge in [-0.25, -0.2) is 4.79 Å². The molecule has 0 spiro atoms. The molecule has 3 heteroatoms. The molecule has 41 heavy (non-hydrogen) atoms. The molecule has 224 valence electrons. The van der Waals surface area contributed by atoms with Crippen molar-refractivity contribution in [3.05, 3.63) is 53.6 Å². The molecular formula is C38H55NO2. The topological polar surface area (TPSA) is 52.3 Å². The van der Waals surface area contributed by atoms with Crippen LogP contribution in [0.15, 0.2) is 42.5 Å². The minimum absolute atomic E-state index is 0.0190. The van der Waals surface area contributed by atoms with Gasteiger partial charge in [0, 0.05) is 5.54 Å². The molecule has 0 aromatic heterocycles. The Kier molecular flexibility index (Phi) is 6.82. The van der Waals surface area contributed by atoms with E-state index in [2.05, 4.69) is 66.3 Å². The Hall–Kier alpha value is -1.87. The summed E-state index contributed by atoms with van der Waals surface area (Å²) in [4.78, 5) is 12.0. The van der Waals surface area contributed by atoms with E-state index in [4.69, 9.17) is 10.5 Å². The highest BCUT2D eigenvalue weighted by Gasteiger charge is 2.70. The van der Waals surface area contributed by atoms with Crippen LogP contribution in [0.2, 0.25) is 0 Å². The molecular weight excluding hydrogens is 502 g/mol. The maximum Gasteiger partial charge on any atom is 0.337 e. The molecule has 0 radical (unpaired) electrons. The first-order valence-electron chi connectivity index (χ1n) is 16.6. The number of hydrogen-bond acceptors (Lipinski definition) is 3. The van der Waals surface area contributed by atoms with Gasteiger partial charge in [-0.3, -0.25) is 0 Å². The van der Waals surface area contributed by atoms with E-state index in [1.54, 1.807) is 0 Å². The van der Waals surface area contributed by atoms with Crippen molar-refractivity contribution in [2.24, 2.45) is 57.0 Å². The number of hydrogen-bond donors (Lipinski definition) is 1. The molecule has 0 heterocycles. The van der Waals surface area contributed by atoms with Gasteiger partial charge in [0.2, 0.25) is 0 Å². The number of allylic oxidation sites excluding steroid dienone is 3. The minimum atomic E-state index is -0.269. The minimum Gasteiger partial charge on any atom is -0.465 e. The van der Waals surface area contributed by atoms with Crippen LogP contribution in [0.5, 0.6) is 0 Å². The molecule has 0 bridgehead atoms. The number of nitrogens with two attached hydrogens (primary N) is 1. The number of ether oxygens (including phenoxy) is 1. The lowest BCUT2D eigenvalue weighted by atomic mass is 9.33. The second kappa shape index (κ2) is 9.57. The van der Waals surface area contributed by atoms with Crippen LogP contribution in [0, 0.1) is 51.2 Å². The fourth-order valence-corrected chi connectivity index (χ4v) is 12.4. The quantitative estimate of drug-likeness (QED) is 0.296. The zero-order valence-corrected chi connectivity index (χ0v) is 26.9. The molecule has 0 amide bonds. The van der Waals surface area contributed by atoms with Gasteiger partial charge in [-0.1, -0.05) is 71.9 Å². The Bertz CT molecular complexity index is 1260. The summed E-state index contributed by atoms with van der Waals surface area (Å²) in [6, 6.07) is 8.11. The van der Waals surface area contributed by atoms with Crippen LogP contribution in [-0.2, 0) is 4.74 Å². The van der Waals surface area contributed by atoms with Crippen LogP contribution in [-0.4, -0.2) is 18.6 Å². The number of methoxy groups -OCH3 is 1. The summed E-state index contributed by atoms with van der Waals surface area (Å²) in [5.74, 6) is 3.05. The monoisotopic (exact) mass is 557 g/mol. The normalized spacial score (nSPS) is 44.5. The Morgan fingerprint density at radius 2 is 1.63 bits per heavy atom. The number of fused-ring (bicyclic) bond motifs is 7. The molecule has 0 unspecified atom stereocenters. The third-order valence-corrected chi connectivity index (χ3v) is 14.7. The second-order valence-corrected chi connectivity index (χ2v) is 16.2. The fraction of sp³-hybridized carbons (Fsp3) is 0.711. The zero-order valence-electron chi connectivity index (χ0n) is 26.9. The SMILES string of the molecule is C=C(CC)[C@@H]1CC[C@]2(N)CC[C@]3(C)[C@H](CC[C@@H]4[C@@]5(C)CC=C(c6ccc(C(=O)OC)cc6)C(C)(C)[C@@H]5CC[C@]43C)[C@@H]12. The second-order valence-electron chi connectivity index (χ2n) is 16.2. The summed E-state index contributed by atoms with van der Waals surface area (Å²) in [5, 5.41) is 0. The average molecular weight is 558 g/mol. The van der Waals surface area contributed by atoms with Gasteiger partial charge < -0.3 is 10.5 Å². The van der Waals surface area contributed by atoms with Crippen molar-refractivity contribution in [2.45, 2.75) is 111 Å². The maximum atomic E-state index is 12.0. The van der Waals surface area contributed by atoms with Crippen molar-refractivity contribution >= 4 is 11.5 Å². The van der Waals surface area contributed by atoms with Crippen molar-refractivity contribution in [1.29, 1.82) is 0 Å². The summed E-state index contributed by atoms with van der Waals surface area (Å²) in [5.41, 5.74) is 13.2. The maximum absolute atomic E-state index is 12.0. The summed E-state index contributed by atoms with van der Waals surface area (Å²) >= 11 is 0. The molecule has 1 aromatic rings. The standard InChI is InChI=1S/C38H55NO2/c1-9-24(2)27-16-21-38(39)23-22-36(6)29(32(27)38)14-15-31-35(5)19-17-28(25-10-12-26(13-11-25)33(40)41-8)34(3,4)30(35)18-20-37(31,36)7/h10-13,17,27,29-32H,2,9,14-16,18-23,39H2,1,3-8H3/t27-,29+,30-,31+,32+,35-,36+,37+,38-/m0/s1. The van der Waals surface area contributed by atoms with Crippen LogP contribution in [0.1, 0.15) is 122 Å². The number of carbonyl (C=O) groups is 1. The summed E-state index contributed by atoms with van der Waals surface area (Å²) in [6.45, 7) is 19.9. The van der Waals surface area contributed by atoms with Crippen LogP contribution in [0.3, 0.4) is 0 Å². The van der Waals surface area contributed by atoms with E-state index >= 15 is 0 Å². The van der Waals surface area contributed by atoms with Crippen LogP contribution < -0.4 is 5.73 Å². The van der Waals surface area contributed by atoms with Gasteiger partial charge in [0.15, 0.2) is 0 Å².